The molecule has 218 valence electrons. The van der Waals surface area contributed by atoms with Crippen molar-refractivity contribution in [1.82, 2.24) is 0 Å². The highest BCUT2D eigenvalue weighted by molar-refractivity contribution is 6.23. The van der Waals surface area contributed by atoms with Crippen LogP contribution in [0.4, 0.5) is 0 Å². The first kappa shape index (κ1) is 26.1. The molecule has 0 aliphatic carbocycles. The van der Waals surface area contributed by atoms with Crippen LogP contribution < -0.4 is 0 Å². The lowest BCUT2D eigenvalue weighted by Gasteiger charge is -2.19. The van der Waals surface area contributed by atoms with Gasteiger partial charge in [-0.1, -0.05) is 133 Å². The molecule has 47 heavy (non-hydrogen) atoms. The van der Waals surface area contributed by atoms with Crippen LogP contribution in [0.2, 0.25) is 0 Å². The minimum absolute atomic E-state index is 0.909. The summed E-state index contributed by atoms with van der Waals surface area (Å²) in [6, 6.07) is 61.6. The highest BCUT2D eigenvalue weighted by atomic mass is 16.3. The molecule has 0 amide bonds. The van der Waals surface area contributed by atoms with E-state index in [1.807, 2.05) is 0 Å². The first-order valence-corrected chi connectivity index (χ1v) is 16.2. The zero-order chi connectivity index (χ0) is 30.9. The second-order valence-electron chi connectivity index (χ2n) is 12.5. The van der Waals surface area contributed by atoms with Gasteiger partial charge >= 0.3 is 0 Å². The van der Waals surface area contributed by atoms with E-state index in [1.165, 1.54) is 70.9 Å². The summed E-state index contributed by atoms with van der Waals surface area (Å²) in [5, 5.41) is 12.2. The van der Waals surface area contributed by atoms with Crippen molar-refractivity contribution in [3.63, 3.8) is 0 Å². The van der Waals surface area contributed by atoms with Crippen LogP contribution in [0.3, 0.4) is 0 Å². The van der Waals surface area contributed by atoms with Crippen LogP contribution in [-0.2, 0) is 0 Å². The molecule has 0 spiro atoms. The molecule has 0 N–H and O–H groups in total. The van der Waals surface area contributed by atoms with E-state index in [0.29, 0.717) is 0 Å². The van der Waals surface area contributed by atoms with Crippen LogP contribution in [0.1, 0.15) is 0 Å². The van der Waals surface area contributed by atoms with Crippen LogP contribution in [0, 0.1) is 0 Å². The van der Waals surface area contributed by atoms with Crippen molar-refractivity contribution < 1.29 is 4.42 Å². The van der Waals surface area contributed by atoms with Crippen molar-refractivity contribution in [1.29, 1.82) is 0 Å². The standard InChI is InChI=1S/C46H28O/c1-2-12-29(13-3-1)41-26-34(24-32-16-6-7-17-35(32)41)46-39-20-10-8-18-37(39)45(38-19-9-11-21-40(38)46)33-22-23-36-42-25-30-14-4-5-15-31(30)27-44(42)47-43(36)28-33/h1-28H. The van der Waals surface area contributed by atoms with E-state index in [9.17, 15) is 0 Å². The second-order valence-corrected chi connectivity index (χ2v) is 12.5. The summed E-state index contributed by atoms with van der Waals surface area (Å²) in [6.45, 7) is 0. The molecule has 9 aromatic carbocycles. The maximum absolute atomic E-state index is 6.54. The first-order chi connectivity index (χ1) is 23.3. The van der Waals surface area contributed by atoms with E-state index in [4.69, 9.17) is 4.42 Å². The molecule has 0 bridgehead atoms. The van der Waals surface area contributed by atoms with E-state index < -0.39 is 0 Å². The third-order valence-corrected chi connectivity index (χ3v) is 9.80. The lowest BCUT2D eigenvalue weighted by Crippen LogP contribution is -1.92. The summed E-state index contributed by atoms with van der Waals surface area (Å²) < 4.78 is 6.54. The minimum atomic E-state index is 0.909. The third-order valence-electron chi connectivity index (χ3n) is 9.80. The van der Waals surface area contributed by atoms with Gasteiger partial charge in [0.15, 0.2) is 0 Å². The van der Waals surface area contributed by atoms with Crippen molar-refractivity contribution in [2.75, 3.05) is 0 Å². The van der Waals surface area contributed by atoms with Gasteiger partial charge in [-0.2, -0.15) is 0 Å². The molecule has 1 heterocycles. The topological polar surface area (TPSA) is 13.1 Å². The predicted molar refractivity (Wildman–Crippen MR) is 200 cm³/mol. The van der Waals surface area contributed by atoms with Crippen molar-refractivity contribution in [3.05, 3.63) is 170 Å². The van der Waals surface area contributed by atoms with Gasteiger partial charge in [-0.3, -0.25) is 0 Å². The second kappa shape index (κ2) is 10.2. The molecule has 0 fully saturated rings. The number of fused-ring (bicyclic) bond motifs is 7. The maximum atomic E-state index is 6.54. The van der Waals surface area contributed by atoms with Gasteiger partial charge < -0.3 is 4.42 Å². The molecular formula is C46H28O. The SMILES string of the molecule is c1ccc(-c2cc(-c3c4ccccc4c(-c4ccc5c(c4)oc4cc6ccccc6cc45)c4ccccc34)cc3ccccc23)cc1. The molecular weight excluding hydrogens is 569 g/mol. The van der Waals surface area contributed by atoms with E-state index in [0.717, 1.165) is 27.5 Å². The monoisotopic (exact) mass is 596 g/mol. The molecule has 0 saturated heterocycles. The van der Waals surface area contributed by atoms with Crippen molar-refractivity contribution in [2.24, 2.45) is 0 Å². The Bertz CT molecular complexity index is 2780. The average Bonchev–Trinajstić information content (AvgIpc) is 3.49. The Morgan fingerprint density at radius 3 is 1.49 bits per heavy atom. The summed E-state index contributed by atoms with van der Waals surface area (Å²) in [5.74, 6) is 0. The summed E-state index contributed by atoms with van der Waals surface area (Å²) >= 11 is 0. The number of hydrogen-bond donors (Lipinski definition) is 0. The predicted octanol–water partition coefficient (Wildman–Crippen LogP) is 13.2. The summed E-state index contributed by atoms with van der Waals surface area (Å²) in [7, 11) is 0. The van der Waals surface area contributed by atoms with Crippen molar-refractivity contribution >= 4 is 65.0 Å². The molecule has 1 nitrogen and oxygen atoms in total. The van der Waals surface area contributed by atoms with E-state index >= 15 is 0 Å². The zero-order valence-electron chi connectivity index (χ0n) is 25.6. The number of rotatable bonds is 3. The Morgan fingerprint density at radius 1 is 0.277 bits per heavy atom. The fourth-order valence-electron chi connectivity index (χ4n) is 7.68. The molecule has 0 atom stereocenters. The maximum Gasteiger partial charge on any atom is 0.136 e. The Hall–Kier alpha value is -6.18. The summed E-state index contributed by atoms with van der Waals surface area (Å²) in [6.07, 6.45) is 0. The minimum Gasteiger partial charge on any atom is -0.456 e. The molecule has 10 rings (SSSR count). The Kier molecular flexibility index (Phi) is 5.64. The van der Waals surface area contributed by atoms with Crippen LogP contribution in [0.15, 0.2) is 174 Å². The van der Waals surface area contributed by atoms with E-state index in [-0.39, 0.29) is 0 Å². The third kappa shape index (κ3) is 4.03. The average molecular weight is 597 g/mol. The van der Waals surface area contributed by atoms with Crippen LogP contribution in [-0.4, -0.2) is 0 Å². The number of hydrogen-bond acceptors (Lipinski definition) is 1. The molecule has 0 aliphatic heterocycles. The van der Waals surface area contributed by atoms with E-state index in [2.05, 4.69) is 170 Å². The van der Waals surface area contributed by atoms with E-state index in [1.54, 1.807) is 0 Å². The molecule has 0 radical (unpaired) electrons. The van der Waals surface area contributed by atoms with Crippen molar-refractivity contribution in [2.45, 2.75) is 0 Å². The van der Waals surface area contributed by atoms with Crippen LogP contribution in [0.25, 0.3) is 98.4 Å². The van der Waals surface area contributed by atoms with Crippen LogP contribution >= 0.6 is 0 Å². The highest BCUT2D eigenvalue weighted by Crippen LogP contribution is 2.46. The smallest absolute Gasteiger partial charge is 0.136 e. The first-order valence-electron chi connectivity index (χ1n) is 16.2. The molecule has 1 aromatic heterocycles. The summed E-state index contributed by atoms with van der Waals surface area (Å²) in [4.78, 5) is 0. The number of benzene rings is 9. The van der Waals surface area contributed by atoms with Crippen molar-refractivity contribution in [3.8, 4) is 33.4 Å². The molecule has 0 aliphatic rings. The summed E-state index contributed by atoms with van der Waals surface area (Å²) in [5.41, 5.74) is 9.18. The zero-order valence-corrected chi connectivity index (χ0v) is 25.6. The molecule has 0 unspecified atom stereocenters. The fourth-order valence-corrected chi connectivity index (χ4v) is 7.68. The quantitative estimate of drug-likeness (QED) is 0.185. The lowest BCUT2D eigenvalue weighted by atomic mass is 9.84. The van der Waals surface area contributed by atoms with Gasteiger partial charge in [0.1, 0.15) is 11.2 Å². The van der Waals surface area contributed by atoms with Gasteiger partial charge in [0, 0.05) is 10.8 Å². The Labute approximate surface area is 271 Å². The Morgan fingerprint density at radius 2 is 0.809 bits per heavy atom. The largest absolute Gasteiger partial charge is 0.456 e. The Balaban J connectivity index is 1.26. The molecule has 10 aromatic rings. The molecule has 0 saturated carbocycles. The normalized spacial score (nSPS) is 11.8. The van der Waals surface area contributed by atoms with Gasteiger partial charge in [0.25, 0.3) is 0 Å². The molecule has 1 heteroatoms. The highest BCUT2D eigenvalue weighted by Gasteiger charge is 2.19. The lowest BCUT2D eigenvalue weighted by molar-refractivity contribution is 0.669. The van der Waals surface area contributed by atoms with Gasteiger partial charge in [0.2, 0.25) is 0 Å². The van der Waals surface area contributed by atoms with Gasteiger partial charge in [-0.25, -0.2) is 0 Å². The van der Waals surface area contributed by atoms with Gasteiger partial charge in [0.05, 0.1) is 0 Å². The van der Waals surface area contributed by atoms with Crippen LogP contribution in [0.5, 0.6) is 0 Å². The van der Waals surface area contributed by atoms with Gasteiger partial charge in [-0.15, -0.1) is 0 Å². The number of furan rings is 1. The fraction of sp³-hybridized carbons (Fsp3) is 0. The van der Waals surface area contributed by atoms with Gasteiger partial charge in [-0.05, 0) is 113 Å².